The van der Waals surface area contributed by atoms with Crippen molar-refractivity contribution >= 4 is 0 Å². The van der Waals surface area contributed by atoms with Crippen molar-refractivity contribution in [2.45, 2.75) is 45.1 Å². The van der Waals surface area contributed by atoms with Crippen LogP contribution in [0.3, 0.4) is 0 Å². The van der Waals surface area contributed by atoms with E-state index in [0.29, 0.717) is 6.04 Å². The van der Waals surface area contributed by atoms with E-state index in [2.05, 4.69) is 24.2 Å². The van der Waals surface area contributed by atoms with Crippen molar-refractivity contribution in [3.8, 4) is 0 Å². The Morgan fingerprint density at radius 2 is 2.13 bits per heavy atom. The topological polar surface area (TPSA) is 15.3 Å². The molecule has 0 aromatic heterocycles. The lowest BCUT2D eigenvalue weighted by Gasteiger charge is -2.34. The van der Waals surface area contributed by atoms with Gasteiger partial charge in [0.1, 0.15) is 0 Å². The average molecular weight is 210 g/mol. The highest BCUT2D eigenvalue weighted by atomic mass is 15.1. The van der Waals surface area contributed by atoms with Gasteiger partial charge < -0.3 is 10.2 Å². The highest BCUT2D eigenvalue weighted by Crippen LogP contribution is 2.31. The SMILES string of the molecule is CC(NCCC1CC1)C1CCCN(C)C1. The quantitative estimate of drug-likeness (QED) is 0.747. The Labute approximate surface area is 94.4 Å². The number of rotatable bonds is 5. The summed E-state index contributed by atoms with van der Waals surface area (Å²) in [6, 6.07) is 0.714. The van der Waals surface area contributed by atoms with Crippen molar-refractivity contribution in [3.63, 3.8) is 0 Å². The molecule has 0 aromatic carbocycles. The van der Waals surface area contributed by atoms with Gasteiger partial charge in [0.05, 0.1) is 0 Å². The second kappa shape index (κ2) is 5.31. The second-order valence-electron chi connectivity index (χ2n) is 5.64. The van der Waals surface area contributed by atoms with E-state index in [9.17, 15) is 0 Å². The van der Waals surface area contributed by atoms with E-state index in [1.165, 1.54) is 51.7 Å². The van der Waals surface area contributed by atoms with Crippen molar-refractivity contribution in [1.29, 1.82) is 0 Å². The number of nitrogens with one attached hydrogen (secondary N) is 1. The first-order chi connectivity index (χ1) is 7.25. The van der Waals surface area contributed by atoms with Crippen LogP contribution in [0.25, 0.3) is 0 Å². The van der Waals surface area contributed by atoms with E-state index >= 15 is 0 Å². The average Bonchev–Trinajstić information content (AvgIpc) is 3.01. The van der Waals surface area contributed by atoms with Gasteiger partial charge in [-0.2, -0.15) is 0 Å². The zero-order valence-corrected chi connectivity index (χ0v) is 10.3. The van der Waals surface area contributed by atoms with Crippen LogP contribution in [0, 0.1) is 11.8 Å². The Kier molecular flexibility index (Phi) is 4.04. The lowest BCUT2D eigenvalue weighted by molar-refractivity contribution is 0.179. The van der Waals surface area contributed by atoms with Gasteiger partial charge in [-0.3, -0.25) is 0 Å². The molecule has 2 aliphatic rings. The van der Waals surface area contributed by atoms with Crippen molar-refractivity contribution in [2.24, 2.45) is 11.8 Å². The maximum atomic E-state index is 3.72. The third-order valence-electron chi connectivity index (χ3n) is 4.08. The molecule has 2 rings (SSSR count). The van der Waals surface area contributed by atoms with Gasteiger partial charge in [-0.05, 0) is 58.2 Å². The van der Waals surface area contributed by atoms with Crippen LogP contribution < -0.4 is 5.32 Å². The Hall–Kier alpha value is -0.0800. The third-order valence-corrected chi connectivity index (χ3v) is 4.08. The van der Waals surface area contributed by atoms with Crippen LogP contribution in [-0.4, -0.2) is 37.6 Å². The van der Waals surface area contributed by atoms with Crippen LogP contribution in [0.15, 0.2) is 0 Å². The molecular weight excluding hydrogens is 184 g/mol. The molecule has 1 N–H and O–H groups in total. The van der Waals surface area contributed by atoms with Gasteiger partial charge in [0.15, 0.2) is 0 Å². The van der Waals surface area contributed by atoms with E-state index in [-0.39, 0.29) is 0 Å². The summed E-state index contributed by atoms with van der Waals surface area (Å²) in [5, 5.41) is 3.72. The van der Waals surface area contributed by atoms with Gasteiger partial charge in [-0.25, -0.2) is 0 Å². The molecule has 0 bridgehead atoms. The fourth-order valence-electron chi connectivity index (χ4n) is 2.70. The van der Waals surface area contributed by atoms with Crippen LogP contribution >= 0.6 is 0 Å². The molecule has 1 saturated heterocycles. The van der Waals surface area contributed by atoms with Crippen molar-refractivity contribution in [2.75, 3.05) is 26.7 Å². The monoisotopic (exact) mass is 210 g/mol. The number of hydrogen-bond acceptors (Lipinski definition) is 2. The van der Waals surface area contributed by atoms with Crippen molar-refractivity contribution in [3.05, 3.63) is 0 Å². The highest BCUT2D eigenvalue weighted by molar-refractivity contribution is 4.80. The minimum absolute atomic E-state index is 0.714. The minimum Gasteiger partial charge on any atom is -0.314 e. The van der Waals surface area contributed by atoms with Gasteiger partial charge in [-0.15, -0.1) is 0 Å². The van der Waals surface area contributed by atoms with E-state index in [1.807, 2.05) is 0 Å². The zero-order valence-electron chi connectivity index (χ0n) is 10.3. The number of hydrogen-bond donors (Lipinski definition) is 1. The molecule has 2 atom stereocenters. The number of piperidine rings is 1. The van der Waals surface area contributed by atoms with Crippen molar-refractivity contribution < 1.29 is 0 Å². The summed E-state index contributed by atoms with van der Waals surface area (Å²) in [5.74, 6) is 1.95. The molecule has 2 nitrogen and oxygen atoms in total. The number of likely N-dealkylation sites (tertiary alicyclic amines) is 1. The highest BCUT2D eigenvalue weighted by Gasteiger charge is 2.24. The molecule has 1 aliphatic carbocycles. The van der Waals surface area contributed by atoms with Gasteiger partial charge in [0.2, 0.25) is 0 Å². The molecule has 2 heteroatoms. The van der Waals surface area contributed by atoms with E-state index in [4.69, 9.17) is 0 Å². The van der Waals surface area contributed by atoms with Crippen LogP contribution in [0.4, 0.5) is 0 Å². The molecule has 1 aliphatic heterocycles. The maximum absolute atomic E-state index is 3.72. The fourth-order valence-corrected chi connectivity index (χ4v) is 2.70. The Morgan fingerprint density at radius 3 is 2.80 bits per heavy atom. The molecule has 1 heterocycles. The minimum atomic E-state index is 0.714. The predicted octanol–water partition coefficient (Wildman–Crippen LogP) is 2.11. The Bertz CT molecular complexity index is 189. The third kappa shape index (κ3) is 3.76. The summed E-state index contributed by atoms with van der Waals surface area (Å²) in [7, 11) is 2.25. The molecule has 15 heavy (non-hydrogen) atoms. The molecule has 0 aromatic rings. The first kappa shape index (κ1) is 11.4. The molecule has 2 fully saturated rings. The summed E-state index contributed by atoms with van der Waals surface area (Å²) in [6.07, 6.45) is 7.19. The lowest BCUT2D eigenvalue weighted by Crippen LogP contribution is -2.43. The van der Waals surface area contributed by atoms with E-state index in [0.717, 1.165) is 11.8 Å². The summed E-state index contributed by atoms with van der Waals surface area (Å²) < 4.78 is 0. The molecule has 0 radical (unpaired) electrons. The molecular formula is C13H26N2. The van der Waals surface area contributed by atoms with E-state index < -0.39 is 0 Å². The van der Waals surface area contributed by atoms with Gasteiger partial charge in [-0.1, -0.05) is 12.8 Å². The Morgan fingerprint density at radius 1 is 1.33 bits per heavy atom. The van der Waals surface area contributed by atoms with Crippen LogP contribution in [0.5, 0.6) is 0 Å². The predicted molar refractivity (Wildman–Crippen MR) is 65.0 cm³/mol. The number of nitrogens with zero attached hydrogens (tertiary/aromatic N) is 1. The van der Waals surface area contributed by atoms with Crippen LogP contribution in [0.1, 0.15) is 39.0 Å². The summed E-state index contributed by atoms with van der Waals surface area (Å²) in [5.41, 5.74) is 0. The molecule has 0 amide bonds. The van der Waals surface area contributed by atoms with Crippen LogP contribution in [-0.2, 0) is 0 Å². The van der Waals surface area contributed by atoms with E-state index in [1.54, 1.807) is 0 Å². The lowest BCUT2D eigenvalue weighted by atomic mass is 9.92. The van der Waals surface area contributed by atoms with Crippen molar-refractivity contribution in [1.82, 2.24) is 10.2 Å². The molecule has 1 saturated carbocycles. The standard InChI is InChI=1S/C13H26N2/c1-11(14-8-7-12-5-6-12)13-4-3-9-15(2)10-13/h11-14H,3-10H2,1-2H3. The Balaban J connectivity index is 1.62. The molecule has 2 unspecified atom stereocenters. The maximum Gasteiger partial charge on any atom is 0.00792 e. The smallest absolute Gasteiger partial charge is 0.00792 e. The normalized spacial score (nSPS) is 30.4. The first-order valence-electron chi connectivity index (χ1n) is 6.67. The molecule has 88 valence electrons. The summed E-state index contributed by atoms with van der Waals surface area (Å²) in [6.45, 7) is 6.20. The largest absolute Gasteiger partial charge is 0.314 e. The van der Waals surface area contributed by atoms with Gasteiger partial charge in [0, 0.05) is 12.6 Å². The molecule has 0 spiro atoms. The summed E-state index contributed by atoms with van der Waals surface area (Å²) >= 11 is 0. The first-order valence-corrected chi connectivity index (χ1v) is 6.67. The second-order valence-corrected chi connectivity index (χ2v) is 5.64. The van der Waals surface area contributed by atoms with Crippen LogP contribution in [0.2, 0.25) is 0 Å². The fraction of sp³-hybridized carbons (Fsp3) is 1.00. The van der Waals surface area contributed by atoms with Gasteiger partial charge in [0.25, 0.3) is 0 Å². The summed E-state index contributed by atoms with van der Waals surface area (Å²) in [4.78, 5) is 2.48. The van der Waals surface area contributed by atoms with Gasteiger partial charge >= 0.3 is 0 Å². The zero-order chi connectivity index (χ0) is 10.7.